The van der Waals surface area contributed by atoms with E-state index in [0.717, 1.165) is 38.3 Å². The largest absolute Gasteiger partial charge is 0.357 e. The summed E-state index contributed by atoms with van der Waals surface area (Å²) in [7, 11) is 0. The molecule has 0 radical (unpaired) electrons. The second-order valence-corrected chi connectivity index (χ2v) is 7.13. The fourth-order valence-corrected chi connectivity index (χ4v) is 3.15. The van der Waals surface area contributed by atoms with Gasteiger partial charge in [-0.25, -0.2) is 0 Å². The molecule has 0 bridgehead atoms. The molecule has 1 unspecified atom stereocenters. The van der Waals surface area contributed by atoms with E-state index in [1.807, 2.05) is 0 Å². The van der Waals surface area contributed by atoms with Gasteiger partial charge in [-0.1, -0.05) is 13.0 Å². The third kappa shape index (κ3) is 8.32. The summed E-state index contributed by atoms with van der Waals surface area (Å²) >= 11 is 1.80. The molecule has 1 fully saturated rings. The van der Waals surface area contributed by atoms with E-state index in [9.17, 15) is 4.79 Å². The number of aliphatic imine (C=N–C) groups is 1. The Morgan fingerprint density at radius 2 is 2.08 bits per heavy atom. The van der Waals surface area contributed by atoms with Crippen LogP contribution in [0, 0.1) is 11.8 Å². The highest BCUT2D eigenvalue weighted by Gasteiger charge is 2.28. The maximum Gasteiger partial charge on any atom is 0.223 e. The topological polar surface area (TPSA) is 65.5 Å². The molecule has 1 atom stereocenters. The first-order valence-electron chi connectivity index (χ1n) is 8.51. The van der Waals surface area contributed by atoms with E-state index < -0.39 is 0 Å². The van der Waals surface area contributed by atoms with Gasteiger partial charge in [-0.15, -0.1) is 35.3 Å². The molecular weight excluding hydrogens is 435 g/mol. The summed E-state index contributed by atoms with van der Waals surface area (Å²) in [4.78, 5) is 17.6. The molecular formula is C17H29IN4OS. The van der Waals surface area contributed by atoms with Crippen LogP contribution in [0.25, 0.3) is 0 Å². The molecule has 0 aromatic carbocycles. The minimum Gasteiger partial charge on any atom is -0.357 e. The zero-order valence-electron chi connectivity index (χ0n) is 14.5. The zero-order valence-corrected chi connectivity index (χ0v) is 17.7. The Morgan fingerprint density at radius 1 is 1.33 bits per heavy atom. The third-order valence-corrected chi connectivity index (χ3v) is 4.60. The SMILES string of the molecule is CCNC(=NCC(C)Cc1cccs1)NCCNC(=O)C1CC1.I. The number of rotatable bonds is 9. The van der Waals surface area contributed by atoms with E-state index in [0.29, 0.717) is 19.0 Å². The summed E-state index contributed by atoms with van der Waals surface area (Å²) in [5.41, 5.74) is 0. The molecule has 1 aliphatic carbocycles. The van der Waals surface area contributed by atoms with Crippen molar-refractivity contribution in [3.8, 4) is 0 Å². The lowest BCUT2D eigenvalue weighted by atomic mass is 10.1. The van der Waals surface area contributed by atoms with Crippen LogP contribution >= 0.6 is 35.3 Å². The maximum atomic E-state index is 11.6. The number of hydrogen-bond donors (Lipinski definition) is 3. The van der Waals surface area contributed by atoms with E-state index in [1.165, 1.54) is 4.88 Å². The molecule has 1 aliphatic rings. The summed E-state index contributed by atoms with van der Waals surface area (Å²) in [6.45, 7) is 7.25. The standard InChI is InChI=1S/C17H28N4OS.HI/c1-3-18-17(20-9-8-19-16(22)14-6-7-14)21-12-13(2)11-15-5-4-10-23-15;/h4-5,10,13-14H,3,6-9,11-12H2,1-2H3,(H,19,22)(H2,18,20,21);1H. The fraction of sp³-hybridized carbons (Fsp3) is 0.647. The highest BCUT2D eigenvalue weighted by Crippen LogP contribution is 2.28. The summed E-state index contributed by atoms with van der Waals surface area (Å²) in [5, 5.41) is 11.6. The van der Waals surface area contributed by atoms with E-state index in [4.69, 9.17) is 0 Å². The first-order chi connectivity index (χ1) is 11.2. The molecule has 0 spiro atoms. The number of nitrogens with zero attached hydrogens (tertiary/aromatic N) is 1. The average Bonchev–Trinajstić information content (AvgIpc) is 3.27. The van der Waals surface area contributed by atoms with Crippen molar-refractivity contribution in [1.82, 2.24) is 16.0 Å². The van der Waals surface area contributed by atoms with Crippen LogP contribution in [0.4, 0.5) is 0 Å². The fourth-order valence-electron chi connectivity index (χ4n) is 2.28. The molecule has 0 saturated heterocycles. The Bertz CT molecular complexity index is 503. The van der Waals surface area contributed by atoms with Gasteiger partial charge in [-0.05, 0) is 43.6 Å². The molecule has 2 rings (SSSR count). The number of hydrogen-bond acceptors (Lipinski definition) is 3. The molecule has 1 aromatic heterocycles. The average molecular weight is 464 g/mol. The number of carbonyl (C=O) groups is 1. The normalized spacial score (nSPS) is 15.3. The van der Waals surface area contributed by atoms with Crippen LogP contribution in [-0.2, 0) is 11.2 Å². The maximum absolute atomic E-state index is 11.6. The Balaban J connectivity index is 0.00000288. The number of thiophene rings is 1. The summed E-state index contributed by atoms with van der Waals surface area (Å²) in [6.07, 6.45) is 3.16. The molecule has 24 heavy (non-hydrogen) atoms. The van der Waals surface area contributed by atoms with Gasteiger partial charge >= 0.3 is 0 Å². The van der Waals surface area contributed by atoms with Crippen LogP contribution in [0.15, 0.2) is 22.5 Å². The van der Waals surface area contributed by atoms with Crippen molar-refractivity contribution >= 4 is 47.2 Å². The van der Waals surface area contributed by atoms with Gasteiger partial charge in [0.15, 0.2) is 5.96 Å². The predicted molar refractivity (Wildman–Crippen MR) is 112 cm³/mol. The second kappa shape index (κ2) is 11.7. The van der Waals surface area contributed by atoms with Gasteiger partial charge in [0, 0.05) is 37.0 Å². The molecule has 136 valence electrons. The van der Waals surface area contributed by atoms with Gasteiger partial charge in [-0.3, -0.25) is 9.79 Å². The number of nitrogens with one attached hydrogen (secondary N) is 3. The Hall–Kier alpha value is -0.830. The van der Waals surface area contributed by atoms with Gasteiger partial charge in [0.25, 0.3) is 0 Å². The van der Waals surface area contributed by atoms with Crippen molar-refractivity contribution < 1.29 is 4.79 Å². The van der Waals surface area contributed by atoms with Crippen molar-refractivity contribution in [2.75, 3.05) is 26.2 Å². The van der Waals surface area contributed by atoms with E-state index in [-0.39, 0.29) is 35.8 Å². The monoisotopic (exact) mass is 464 g/mol. The van der Waals surface area contributed by atoms with Gasteiger partial charge in [-0.2, -0.15) is 0 Å². The molecule has 3 N–H and O–H groups in total. The van der Waals surface area contributed by atoms with Crippen molar-refractivity contribution in [3.05, 3.63) is 22.4 Å². The Labute approximate surface area is 166 Å². The van der Waals surface area contributed by atoms with Crippen LogP contribution in [-0.4, -0.2) is 38.0 Å². The van der Waals surface area contributed by atoms with Crippen LogP contribution < -0.4 is 16.0 Å². The lowest BCUT2D eigenvalue weighted by molar-refractivity contribution is -0.122. The lowest BCUT2D eigenvalue weighted by Gasteiger charge is -2.13. The summed E-state index contributed by atoms with van der Waals surface area (Å²) in [5.74, 6) is 1.80. The summed E-state index contributed by atoms with van der Waals surface area (Å²) < 4.78 is 0. The molecule has 7 heteroatoms. The highest BCUT2D eigenvalue weighted by molar-refractivity contribution is 14.0. The third-order valence-electron chi connectivity index (χ3n) is 3.70. The van der Waals surface area contributed by atoms with E-state index >= 15 is 0 Å². The highest BCUT2D eigenvalue weighted by atomic mass is 127. The van der Waals surface area contributed by atoms with Crippen LogP contribution in [0.5, 0.6) is 0 Å². The van der Waals surface area contributed by atoms with Gasteiger partial charge < -0.3 is 16.0 Å². The van der Waals surface area contributed by atoms with Gasteiger partial charge in [0.2, 0.25) is 5.91 Å². The molecule has 1 amide bonds. The van der Waals surface area contributed by atoms with E-state index in [2.05, 4.69) is 52.3 Å². The first kappa shape index (κ1) is 21.2. The predicted octanol–water partition coefficient (Wildman–Crippen LogP) is 2.63. The minimum absolute atomic E-state index is 0. The summed E-state index contributed by atoms with van der Waals surface area (Å²) in [6, 6.07) is 4.27. The van der Waals surface area contributed by atoms with Crippen molar-refractivity contribution in [2.45, 2.75) is 33.1 Å². The van der Waals surface area contributed by atoms with Gasteiger partial charge in [0.05, 0.1) is 0 Å². The second-order valence-electron chi connectivity index (χ2n) is 6.10. The zero-order chi connectivity index (χ0) is 16.5. The molecule has 1 saturated carbocycles. The van der Waals surface area contributed by atoms with Gasteiger partial charge in [0.1, 0.15) is 0 Å². The number of amides is 1. The van der Waals surface area contributed by atoms with Crippen molar-refractivity contribution in [1.29, 1.82) is 0 Å². The molecule has 1 heterocycles. The molecule has 1 aromatic rings. The van der Waals surface area contributed by atoms with Crippen molar-refractivity contribution in [3.63, 3.8) is 0 Å². The Morgan fingerprint density at radius 3 is 2.71 bits per heavy atom. The lowest BCUT2D eigenvalue weighted by Crippen LogP contribution is -2.42. The minimum atomic E-state index is 0. The van der Waals surface area contributed by atoms with Crippen LogP contribution in [0.3, 0.4) is 0 Å². The first-order valence-corrected chi connectivity index (χ1v) is 9.39. The smallest absolute Gasteiger partial charge is 0.223 e. The quantitative estimate of drug-likeness (QED) is 0.228. The van der Waals surface area contributed by atoms with Crippen LogP contribution in [0.1, 0.15) is 31.6 Å². The van der Waals surface area contributed by atoms with Crippen LogP contribution in [0.2, 0.25) is 0 Å². The number of carbonyl (C=O) groups excluding carboxylic acids is 1. The van der Waals surface area contributed by atoms with Crippen molar-refractivity contribution in [2.24, 2.45) is 16.8 Å². The van der Waals surface area contributed by atoms with E-state index in [1.54, 1.807) is 11.3 Å². The number of guanidine groups is 1. The Kier molecular flexibility index (Phi) is 10.3. The molecule has 5 nitrogen and oxygen atoms in total. The molecule has 0 aliphatic heterocycles. The number of halogens is 1.